The van der Waals surface area contributed by atoms with Crippen molar-refractivity contribution in [2.75, 3.05) is 19.6 Å². The SMILES string of the molecule is CC1(C)CN(CC2CCCCC2C(=O)O)C1. The maximum Gasteiger partial charge on any atom is 0.306 e. The number of nitrogens with zero attached hydrogens (tertiary/aromatic N) is 1. The van der Waals surface area contributed by atoms with Gasteiger partial charge >= 0.3 is 5.97 Å². The van der Waals surface area contributed by atoms with Crippen LogP contribution < -0.4 is 0 Å². The minimum atomic E-state index is -0.579. The van der Waals surface area contributed by atoms with Crippen molar-refractivity contribution in [3.8, 4) is 0 Å². The number of carboxylic acid groups (broad SMARTS) is 1. The molecule has 1 saturated heterocycles. The summed E-state index contributed by atoms with van der Waals surface area (Å²) in [4.78, 5) is 13.6. The predicted octanol–water partition coefficient (Wildman–Crippen LogP) is 2.22. The lowest BCUT2D eigenvalue weighted by Gasteiger charge is -2.48. The first-order chi connectivity index (χ1) is 7.48. The molecule has 2 fully saturated rings. The van der Waals surface area contributed by atoms with E-state index in [2.05, 4.69) is 18.7 Å². The van der Waals surface area contributed by atoms with E-state index in [1.54, 1.807) is 0 Å². The molecule has 3 nitrogen and oxygen atoms in total. The molecular weight excluding hydrogens is 202 g/mol. The van der Waals surface area contributed by atoms with Crippen molar-refractivity contribution in [3.05, 3.63) is 0 Å². The average Bonchev–Trinajstić information content (AvgIpc) is 2.15. The summed E-state index contributed by atoms with van der Waals surface area (Å²) < 4.78 is 0. The highest BCUT2D eigenvalue weighted by molar-refractivity contribution is 5.70. The zero-order valence-electron chi connectivity index (χ0n) is 10.4. The predicted molar refractivity (Wildman–Crippen MR) is 63.3 cm³/mol. The average molecular weight is 225 g/mol. The minimum absolute atomic E-state index is 0.0857. The molecule has 3 heteroatoms. The topological polar surface area (TPSA) is 40.5 Å². The Labute approximate surface area is 97.8 Å². The lowest BCUT2D eigenvalue weighted by molar-refractivity contribution is -0.145. The van der Waals surface area contributed by atoms with Gasteiger partial charge in [-0.3, -0.25) is 4.79 Å². The van der Waals surface area contributed by atoms with E-state index >= 15 is 0 Å². The largest absolute Gasteiger partial charge is 0.481 e. The molecule has 1 heterocycles. The van der Waals surface area contributed by atoms with Crippen molar-refractivity contribution >= 4 is 5.97 Å². The maximum absolute atomic E-state index is 11.2. The minimum Gasteiger partial charge on any atom is -0.481 e. The van der Waals surface area contributed by atoms with E-state index in [9.17, 15) is 9.90 Å². The molecule has 0 spiro atoms. The molecule has 16 heavy (non-hydrogen) atoms. The van der Waals surface area contributed by atoms with Crippen molar-refractivity contribution in [2.24, 2.45) is 17.3 Å². The molecule has 2 atom stereocenters. The first-order valence-corrected chi connectivity index (χ1v) is 6.43. The molecule has 2 aliphatic rings. The monoisotopic (exact) mass is 225 g/mol. The number of likely N-dealkylation sites (tertiary alicyclic amines) is 1. The molecule has 0 radical (unpaired) electrons. The summed E-state index contributed by atoms with van der Waals surface area (Å²) in [5.41, 5.74) is 0.452. The molecule has 2 rings (SSSR count). The molecule has 1 aliphatic carbocycles. The Kier molecular flexibility index (Phi) is 3.24. The van der Waals surface area contributed by atoms with Gasteiger partial charge in [-0.15, -0.1) is 0 Å². The van der Waals surface area contributed by atoms with E-state index in [0.29, 0.717) is 11.3 Å². The van der Waals surface area contributed by atoms with E-state index in [1.165, 1.54) is 6.42 Å². The molecule has 1 saturated carbocycles. The van der Waals surface area contributed by atoms with E-state index in [4.69, 9.17) is 0 Å². The summed E-state index contributed by atoms with van der Waals surface area (Å²) in [5, 5.41) is 9.20. The Bertz CT molecular complexity index is 267. The standard InChI is InChI=1S/C13H23NO2/c1-13(2)8-14(9-13)7-10-5-3-4-6-11(10)12(15)16/h10-11H,3-9H2,1-2H3,(H,15,16). The van der Waals surface area contributed by atoms with Crippen LogP contribution in [0.5, 0.6) is 0 Å². The lowest BCUT2D eigenvalue weighted by Crippen LogP contribution is -2.55. The summed E-state index contributed by atoms with van der Waals surface area (Å²) in [7, 11) is 0. The number of hydrogen-bond acceptors (Lipinski definition) is 2. The van der Waals surface area contributed by atoms with Crippen LogP contribution in [-0.4, -0.2) is 35.6 Å². The molecule has 1 N–H and O–H groups in total. The van der Waals surface area contributed by atoms with Gasteiger partial charge in [0, 0.05) is 19.6 Å². The van der Waals surface area contributed by atoms with Crippen LogP contribution in [0.4, 0.5) is 0 Å². The maximum atomic E-state index is 11.2. The third-order valence-corrected chi connectivity index (χ3v) is 4.02. The van der Waals surface area contributed by atoms with Gasteiger partial charge in [-0.05, 0) is 24.2 Å². The molecule has 0 aromatic carbocycles. The number of aliphatic carboxylic acids is 1. The summed E-state index contributed by atoms with van der Waals surface area (Å²) in [5.74, 6) is -0.274. The van der Waals surface area contributed by atoms with Crippen LogP contribution in [0.15, 0.2) is 0 Å². The van der Waals surface area contributed by atoms with E-state index in [1.807, 2.05) is 0 Å². The van der Waals surface area contributed by atoms with Crippen LogP contribution in [0, 0.1) is 17.3 Å². The normalized spacial score (nSPS) is 34.4. The van der Waals surface area contributed by atoms with Crippen molar-refractivity contribution < 1.29 is 9.90 Å². The highest BCUT2D eigenvalue weighted by Crippen LogP contribution is 2.35. The molecule has 0 aromatic rings. The fraction of sp³-hybridized carbons (Fsp3) is 0.923. The van der Waals surface area contributed by atoms with Gasteiger partial charge in [0.25, 0.3) is 0 Å². The fourth-order valence-electron chi connectivity index (χ4n) is 3.38. The Morgan fingerprint density at radius 2 is 1.94 bits per heavy atom. The van der Waals surface area contributed by atoms with Crippen molar-refractivity contribution in [2.45, 2.75) is 39.5 Å². The molecule has 0 bridgehead atoms. The quantitative estimate of drug-likeness (QED) is 0.800. The summed E-state index contributed by atoms with van der Waals surface area (Å²) in [6, 6.07) is 0. The van der Waals surface area contributed by atoms with Gasteiger partial charge < -0.3 is 10.0 Å². The first kappa shape index (κ1) is 11.9. The first-order valence-electron chi connectivity index (χ1n) is 6.43. The van der Waals surface area contributed by atoms with Crippen LogP contribution in [0.1, 0.15) is 39.5 Å². The van der Waals surface area contributed by atoms with Crippen molar-refractivity contribution in [3.63, 3.8) is 0 Å². The summed E-state index contributed by atoms with van der Waals surface area (Å²) in [6.07, 6.45) is 4.30. The number of carboxylic acids is 1. The van der Waals surface area contributed by atoms with Crippen molar-refractivity contribution in [1.82, 2.24) is 4.90 Å². The molecule has 1 aliphatic heterocycles. The Balaban J connectivity index is 1.85. The van der Waals surface area contributed by atoms with E-state index in [0.717, 1.165) is 38.9 Å². The van der Waals surface area contributed by atoms with Gasteiger partial charge in [0.1, 0.15) is 0 Å². The van der Waals surface area contributed by atoms with Gasteiger partial charge in [0.05, 0.1) is 5.92 Å². The number of hydrogen-bond donors (Lipinski definition) is 1. The molecule has 0 aromatic heterocycles. The third-order valence-electron chi connectivity index (χ3n) is 4.02. The Morgan fingerprint density at radius 3 is 2.50 bits per heavy atom. The van der Waals surface area contributed by atoms with Crippen LogP contribution in [-0.2, 0) is 4.79 Å². The summed E-state index contributed by atoms with van der Waals surface area (Å²) >= 11 is 0. The number of rotatable bonds is 3. The second kappa shape index (κ2) is 4.36. The zero-order valence-corrected chi connectivity index (χ0v) is 10.4. The molecule has 2 unspecified atom stereocenters. The second-order valence-corrected chi connectivity index (χ2v) is 6.32. The van der Waals surface area contributed by atoms with Crippen LogP contribution in [0.25, 0.3) is 0 Å². The van der Waals surface area contributed by atoms with Gasteiger partial charge in [-0.1, -0.05) is 26.7 Å². The summed E-state index contributed by atoms with van der Waals surface area (Å²) in [6.45, 7) is 7.82. The van der Waals surface area contributed by atoms with Gasteiger partial charge in [-0.25, -0.2) is 0 Å². The Hall–Kier alpha value is -0.570. The van der Waals surface area contributed by atoms with Crippen LogP contribution in [0.3, 0.4) is 0 Å². The van der Waals surface area contributed by atoms with Crippen molar-refractivity contribution in [1.29, 1.82) is 0 Å². The zero-order chi connectivity index (χ0) is 11.8. The van der Waals surface area contributed by atoms with Gasteiger partial charge in [0.15, 0.2) is 0 Å². The van der Waals surface area contributed by atoms with E-state index in [-0.39, 0.29) is 5.92 Å². The van der Waals surface area contributed by atoms with Crippen LogP contribution in [0.2, 0.25) is 0 Å². The molecular formula is C13H23NO2. The fourth-order valence-corrected chi connectivity index (χ4v) is 3.38. The Morgan fingerprint density at radius 1 is 1.31 bits per heavy atom. The van der Waals surface area contributed by atoms with Gasteiger partial charge in [-0.2, -0.15) is 0 Å². The highest BCUT2D eigenvalue weighted by atomic mass is 16.4. The van der Waals surface area contributed by atoms with Gasteiger partial charge in [0.2, 0.25) is 0 Å². The second-order valence-electron chi connectivity index (χ2n) is 6.32. The number of carbonyl (C=O) groups is 1. The van der Waals surface area contributed by atoms with Crippen LogP contribution >= 0.6 is 0 Å². The lowest BCUT2D eigenvalue weighted by atomic mass is 9.77. The highest BCUT2D eigenvalue weighted by Gasteiger charge is 2.38. The smallest absolute Gasteiger partial charge is 0.306 e. The molecule has 92 valence electrons. The van der Waals surface area contributed by atoms with E-state index < -0.39 is 5.97 Å². The third kappa shape index (κ3) is 2.57. The molecule has 0 amide bonds.